The molecule has 1 aliphatic heterocycles. The molecule has 1 aliphatic rings. The molecule has 0 spiro atoms. The molecule has 2 aromatic carbocycles. The minimum Gasteiger partial charge on any atom is -0.371 e. The highest BCUT2D eigenvalue weighted by atomic mass is 32.2. The predicted molar refractivity (Wildman–Crippen MR) is 108 cm³/mol. The lowest BCUT2D eigenvalue weighted by atomic mass is 10.1. The number of hydrogen-bond donors (Lipinski definition) is 1. The molecule has 3 rings (SSSR count). The number of nitrogens with one attached hydrogen (secondary N) is 1. The summed E-state index contributed by atoms with van der Waals surface area (Å²) >= 11 is 0. The van der Waals surface area contributed by atoms with Gasteiger partial charge >= 0.3 is 0 Å². The van der Waals surface area contributed by atoms with Gasteiger partial charge in [-0.1, -0.05) is 44.5 Å². The van der Waals surface area contributed by atoms with Crippen LogP contribution in [0.15, 0.2) is 53.4 Å². The number of sulfonamides is 1. The molecule has 0 aromatic heterocycles. The van der Waals surface area contributed by atoms with Crippen molar-refractivity contribution < 1.29 is 13.2 Å². The van der Waals surface area contributed by atoms with Crippen LogP contribution in [0.25, 0.3) is 0 Å². The van der Waals surface area contributed by atoms with Gasteiger partial charge in [-0.2, -0.15) is 0 Å². The van der Waals surface area contributed by atoms with Crippen molar-refractivity contribution in [3.05, 3.63) is 59.7 Å². The Morgan fingerprint density at radius 3 is 2.41 bits per heavy atom. The van der Waals surface area contributed by atoms with Crippen LogP contribution in [0.1, 0.15) is 37.5 Å². The van der Waals surface area contributed by atoms with E-state index in [1.54, 1.807) is 24.3 Å². The zero-order valence-corrected chi connectivity index (χ0v) is 16.8. The summed E-state index contributed by atoms with van der Waals surface area (Å²) in [7, 11) is -3.58. The summed E-state index contributed by atoms with van der Waals surface area (Å²) < 4.78 is 33.7. The fourth-order valence-corrected chi connectivity index (χ4v) is 4.35. The summed E-state index contributed by atoms with van der Waals surface area (Å²) in [6.07, 6.45) is 2.03. The number of rotatable bonds is 7. The predicted octanol–water partition coefficient (Wildman–Crippen LogP) is 3.83. The van der Waals surface area contributed by atoms with Crippen molar-refractivity contribution in [1.29, 1.82) is 0 Å². The number of hydrogen-bond acceptors (Lipinski definition) is 4. The van der Waals surface area contributed by atoms with Gasteiger partial charge in [-0.25, -0.2) is 8.42 Å². The third-order valence-electron chi connectivity index (χ3n) is 4.90. The highest BCUT2D eigenvalue weighted by Crippen LogP contribution is 2.24. The van der Waals surface area contributed by atoms with Gasteiger partial charge in [-0.15, -0.1) is 0 Å². The Kier molecular flexibility index (Phi) is 6.52. The van der Waals surface area contributed by atoms with Crippen molar-refractivity contribution in [2.45, 2.75) is 37.7 Å². The van der Waals surface area contributed by atoms with Crippen molar-refractivity contribution in [2.75, 3.05) is 31.0 Å². The van der Waals surface area contributed by atoms with Gasteiger partial charge in [-0.05, 0) is 48.4 Å². The van der Waals surface area contributed by atoms with Crippen molar-refractivity contribution in [3.63, 3.8) is 0 Å². The van der Waals surface area contributed by atoms with Crippen LogP contribution in [0.4, 0.5) is 5.69 Å². The van der Waals surface area contributed by atoms with Crippen molar-refractivity contribution >= 4 is 15.7 Å². The second kappa shape index (κ2) is 8.87. The summed E-state index contributed by atoms with van der Waals surface area (Å²) in [6, 6.07) is 14.5. The summed E-state index contributed by atoms with van der Waals surface area (Å²) in [5.41, 5.74) is 2.77. The fraction of sp³-hybridized carbons (Fsp3) is 0.429. The van der Waals surface area contributed by atoms with E-state index in [0.29, 0.717) is 5.69 Å². The smallest absolute Gasteiger partial charge is 0.261 e. The maximum absolute atomic E-state index is 12.6. The van der Waals surface area contributed by atoms with Gasteiger partial charge in [0.1, 0.15) is 0 Å². The maximum Gasteiger partial charge on any atom is 0.261 e. The SMILES string of the molecule is CCCc1ccc(S(=O)(=O)Nc2ccc(C3CN(CC)CCO3)cc2)cc1. The Bertz CT molecular complexity index is 833. The van der Waals surface area contributed by atoms with Crippen LogP contribution in [0.3, 0.4) is 0 Å². The van der Waals surface area contributed by atoms with Gasteiger partial charge in [0.2, 0.25) is 0 Å². The molecule has 1 saturated heterocycles. The first-order chi connectivity index (χ1) is 13.0. The summed E-state index contributed by atoms with van der Waals surface area (Å²) in [6.45, 7) is 7.81. The van der Waals surface area contributed by atoms with Gasteiger partial charge in [-0.3, -0.25) is 9.62 Å². The number of ether oxygens (including phenoxy) is 1. The highest BCUT2D eigenvalue weighted by molar-refractivity contribution is 7.92. The first-order valence-electron chi connectivity index (χ1n) is 9.57. The number of nitrogens with zero attached hydrogens (tertiary/aromatic N) is 1. The van der Waals surface area contributed by atoms with Crippen LogP contribution in [-0.4, -0.2) is 39.6 Å². The van der Waals surface area contributed by atoms with E-state index in [0.717, 1.165) is 50.2 Å². The lowest BCUT2D eigenvalue weighted by Crippen LogP contribution is -2.38. The summed E-state index contributed by atoms with van der Waals surface area (Å²) in [5.74, 6) is 0. The third kappa shape index (κ3) is 5.09. The average Bonchev–Trinajstić information content (AvgIpc) is 2.69. The molecule has 0 radical (unpaired) electrons. The minimum absolute atomic E-state index is 0.0375. The number of aryl methyl sites for hydroxylation is 1. The lowest BCUT2D eigenvalue weighted by molar-refractivity contribution is -0.0281. The van der Waals surface area contributed by atoms with Crippen LogP contribution in [-0.2, 0) is 21.2 Å². The van der Waals surface area contributed by atoms with E-state index in [2.05, 4.69) is 23.5 Å². The fourth-order valence-electron chi connectivity index (χ4n) is 3.30. The van der Waals surface area contributed by atoms with E-state index in [9.17, 15) is 8.42 Å². The van der Waals surface area contributed by atoms with E-state index in [1.807, 2.05) is 24.3 Å². The molecule has 1 unspecified atom stereocenters. The number of likely N-dealkylation sites (N-methyl/N-ethyl adjacent to an activating group) is 1. The van der Waals surface area contributed by atoms with Gasteiger partial charge in [0.05, 0.1) is 17.6 Å². The second-order valence-electron chi connectivity index (χ2n) is 6.87. The van der Waals surface area contributed by atoms with Gasteiger partial charge in [0.15, 0.2) is 0 Å². The molecular weight excluding hydrogens is 360 g/mol. The Hall–Kier alpha value is -1.89. The van der Waals surface area contributed by atoms with E-state index in [1.165, 1.54) is 0 Å². The molecule has 1 N–H and O–H groups in total. The van der Waals surface area contributed by atoms with Gasteiger partial charge < -0.3 is 4.74 Å². The Balaban J connectivity index is 1.68. The highest BCUT2D eigenvalue weighted by Gasteiger charge is 2.21. The number of morpholine rings is 1. The van der Waals surface area contributed by atoms with Crippen molar-refractivity contribution in [2.24, 2.45) is 0 Å². The molecule has 5 nitrogen and oxygen atoms in total. The Morgan fingerprint density at radius 2 is 1.78 bits per heavy atom. The van der Waals surface area contributed by atoms with Crippen molar-refractivity contribution in [1.82, 2.24) is 4.90 Å². The minimum atomic E-state index is -3.58. The second-order valence-corrected chi connectivity index (χ2v) is 8.56. The summed E-state index contributed by atoms with van der Waals surface area (Å²) in [4.78, 5) is 2.63. The molecule has 146 valence electrons. The first-order valence-corrected chi connectivity index (χ1v) is 11.1. The molecule has 1 atom stereocenters. The third-order valence-corrected chi connectivity index (χ3v) is 6.30. The molecule has 6 heteroatoms. The van der Waals surface area contributed by atoms with E-state index >= 15 is 0 Å². The van der Waals surface area contributed by atoms with E-state index in [4.69, 9.17) is 4.74 Å². The molecule has 0 bridgehead atoms. The van der Waals surface area contributed by atoms with Crippen LogP contribution in [0.2, 0.25) is 0 Å². The zero-order chi connectivity index (χ0) is 19.3. The molecule has 0 saturated carbocycles. The normalized spacial score (nSPS) is 18.4. The van der Waals surface area contributed by atoms with E-state index < -0.39 is 10.0 Å². The van der Waals surface area contributed by atoms with Crippen LogP contribution in [0, 0.1) is 0 Å². The number of anilines is 1. The molecule has 0 amide bonds. The molecule has 1 heterocycles. The molecule has 1 fully saturated rings. The lowest BCUT2D eigenvalue weighted by Gasteiger charge is -2.32. The quantitative estimate of drug-likeness (QED) is 0.783. The molecule has 2 aromatic rings. The standard InChI is InChI=1S/C21H28N2O3S/c1-3-5-17-6-12-20(13-7-17)27(24,25)22-19-10-8-18(9-11-19)21-16-23(4-2)14-15-26-21/h6-13,21-22H,3-5,14-16H2,1-2H3. The van der Waals surface area contributed by atoms with Crippen LogP contribution < -0.4 is 4.72 Å². The van der Waals surface area contributed by atoms with Gasteiger partial charge in [0.25, 0.3) is 10.0 Å². The zero-order valence-electron chi connectivity index (χ0n) is 16.0. The van der Waals surface area contributed by atoms with Crippen LogP contribution in [0.5, 0.6) is 0 Å². The molecular formula is C21H28N2O3S. The van der Waals surface area contributed by atoms with E-state index in [-0.39, 0.29) is 11.0 Å². The molecule has 0 aliphatic carbocycles. The Labute approximate surface area is 162 Å². The largest absolute Gasteiger partial charge is 0.371 e. The average molecular weight is 389 g/mol. The topological polar surface area (TPSA) is 58.6 Å². The van der Waals surface area contributed by atoms with Crippen molar-refractivity contribution in [3.8, 4) is 0 Å². The van der Waals surface area contributed by atoms with Gasteiger partial charge in [0, 0.05) is 18.8 Å². The molecule has 27 heavy (non-hydrogen) atoms. The Morgan fingerprint density at radius 1 is 1.07 bits per heavy atom. The monoisotopic (exact) mass is 388 g/mol. The number of benzene rings is 2. The van der Waals surface area contributed by atoms with Crippen LogP contribution >= 0.6 is 0 Å². The summed E-state index contributed by atoms with van der Waals surface area (Å²) in [5, 5.41) is 0. The maximum atomic E-state index is 12.6. The first kappa shape index (κ1) is 19.9.